The van der Waals surface area contributed by atoms with Crippen LogP contribution in [0.5, 0.6) is 0 Å². The Bertz CT molecular complexity index is 756. The molecule has 3 saturated carbocycles. The lowest BCUT2D eigenvalue weighted by Gasteiger charge is -2.44. The van der Waals surface area contributed by atoms with Crippen molar-refractivity contribution in [1.82, 2.24) is 0 Å². The Morgan fingerprint density at radius 2 is 2.00 bits per heavy atom. The van der Waals surface area contributed by atoms with Gasteiger partial charge in [0.05, 0.1) is 12.2 Å². The predicted octanol–water partition coefficient (Wildman–Crippen LogP) is 4.88. The van der Waals surface area contributed by atoms with Gasteiger partial charge in [-0.05, 0) is 93.1 Å². The van der Waals surface area contributed by atoms with Crippen molar-refractivity contribution in [3.63, 3.8) is 0 Å². The van der Waals surface area contributed by atoms with Crippen LogP contribution in [0.4, 0.5) is 0 Å². The van der Waals surface area contributed by atoms with E-state index < -0.39 is 17.8 Å². The number of aliphatic hydroxyl groups excluding tert-OH is 2. The molecule has 3 N–H and O–H groups in total. The summed E-state index contributed by atoms with van der Waals surface area (Å²) in [5, 5.41) is 30.1. The molecule has 0 unspecified atom stereocenters. The van der Waals surface area contributed by atoms with Crippen molar-refractivity contribution in [3.8, 4) is 0 Å². The molecule has 4 heteroatoms. The van der Waals surface area contributed by atoms with E-state index in [0.29, 0.717) is 37.0 Å². The Labute approximate surface area is 188 Å². The van der Waals surface area contributed by atoms with Crippen LogP contribution in [0.1, 0.15) is 85.5 Å². The third-order valence-corrected chi connectivity index (χ3v) is 8.50. The van der Waals surface area contributed by atoms with Crippen LogP contribution in [-0.2, 0) is 4.79 Å². The van der Waals surface area contributed by atoms with Crippen molar-refractivity contribution in [1.29, 1.82) is 0 Å². The van der Waals surface area contributed by atoms with Crippen LogP contribution in [0, 0.1) is 23.2 Å². The van der Waals surface area contributed by atoms with Crippen molar-refractivity contribution in [2.75, 3.05) is 0 Å². The molecule has 0 amide bonds. The fraction of sp³-hybridized carbons (Fsp3) is 0.741. The van der Waals surface area contributed by atoms with Crippen molar-refractivity contribution >= 4 is 5.78 Å². The number of carbonyl (C=O) groups is 1. The van der Waals surface area contributed by atoms with Gasteiger partial charge in [-0.1, -0.05) is 38.2 Å². The third-order valence-electron chi connectivity index (χ3n) is 8.50. The Morgan fingerprint density at radius 1 is 1.29 bits per heavy atom. The zero-order valence-electron chi connectivity index (χ0n) is 19.9. The van der Waals surface area contributed by atoms with Gasteiger partial charge in [-0.25, -0.2) is 0 Å². The second-order valence-electron chi connectivity index (χ2n) is 11.2. The number of allylic oxidation sites excluding steroid dienone is 3. The highest BCUT2D eigenvalue weighted by Crippen LogP contribution is 2.59. The number of carbonyl (C=O) groups excluding carboxylic acids is 1. The molecular weight excluding hydrogens is 388 g/mol. The summed E-state index contributed by atoms with van der Waals surface area (Å²) in [4.78, 5) is 12.2. The molecule has 0 spiro atoms. The fourth-order valence-corrected chi connectivity index (χ4v) is 6.55. The number of rotatable bonds is 6. The number of aliphatic hydroxyl groups is 3. The molecular formula is C27H42O4. The first-order chi connectivity index (χ1) is 14.4. The van der Waals surface area contributed by atoms with E-state index in [1.165, 1.54) is 31.3 Å². The van der Waals surface area contributed by atoms with Crippen LogP contribution in [-0.4, -0.2) is 38.9 Å². The largest absolute Gasteiger partial charge is 0.393 e. The average Bonchev–Trinajstić information content (AvgIpc) is 3.04. The summed E-state index contributed by atoms with van der Waals surface area (Å²) in [6.45, 7) is 11.9. The van der Waals surface area contributed by atoms with E-state index in [4.69, 9.17) is 0 Å². The monoisotopic (exact) mass is 430 g/mol. The molecule has 0 saturated heterocycles. The Balaban J connectivity index is 1.72. The van der Waals surface area contributed by atoms with Gasteiger partial charge in [0.25, 0.3) is 0 Å². The molecule has 0 radical (unpaired) electrons. The maximum atomic E-state index is 12.2. The van der Waals surface area contributed by atoms with Crippen molar-refractivity contribution in [2.24, 2.45) is 23.2 Å². The smallest absolute Gasteiger partial charge is 0.163 e. The van der Waals surface area contributed by atoms with Crippen molar-refractivity contribution in [3.05, 3.63) is 35.5 Å². The van der Waals surface area contributed by atoms with Gasteiger partial charge in [-0.15, -0.1) is 0 Å². The highest BCUT2D eigenvalue weighted by atomic mass is 16.3. The number of ketones is 1. The van der Waals surface area contributed by atoms with E-state index in [0.717, 1.165) is 24.0 Å². The Morgan fingerprint density at radius 3 is 2.68 bits per heavy atom. The summed E-state index contributed by atoms with van der Waals surface area (Å²) in [5.41, 5.74) is 2.23. The Kier molecular flexibility index (Phi) is 7.35. The lowest BCUT2D eigenvalue weighted by Crippen LogP contribution is -2.36. The van der Waals surface area contributed by atoms with Crippen molar-refractivity contribution < 1.29 is 20.1 Å². The fourth-order valence-electron chi connectivity index (χ4n) is 6.55. The molecule has 0 heterocycles. The van der Waals surface area contributed by atoms with E-state index >= 15 is 0 Å². The zero-order chi connectivity index (χ0) is 23.0. The van der Waals surface area contributed by atoms with Gasteiger partial charge < -0.3 is 15.3 Å². The molecule has 0 aromatic rings. The lowest BCUT2D eigenvalue weighted by atomic mass is 9.60. The van der Waals surface area contributed by atoms with Crippen molar-refractivity contribution in [2.45, 2.75) is 103 Å². The molecule has 0 aliphatic heterocycles. The molecule has 3 rings (SSSR count). The normalized spacial score (nSPS) is 37.8. The van der Waals surface area contributed by atoms with E-state index in [1.54, 1.807) is 13.8 Å². The maximum absolute atomic E-state index is 12.2. The molecule has 174 valence electrons. The minimum atomic E-state index is -1.24. The molecule has 4 nitrogen and oxygen atoms in total. The molecule has 6 atom stereocenters. The van der Waals surface area contributed by atoms with Gasteiger partial charge in [0.15, 0.2) is 5.78 Å². The van der Waals surface area contributed by atoms with Crippen LogP contribution in [0.15, 0.2) is 35.5 Å². The summed E-state index contributed by atoms with van der Waals surface area (Å²) in [6.07, 6.45) is 11.3. The minimum absolute atomic E-state index is 0.0630. The molecule has 3 aliphatic rings. The first-order valence-electron chi connectivity index (χ1n) is 12.1. The molecule has 0 aromatic carbocycles. The van der Waals surface area contributed by atoms with E-state index in [-0.39, 0.29) is 11.2 Å². The minimum Gasteiger partial charge on any atom is -0.393 e. The average molecular weight is 431 g/mol. The van der Waals surface area contributed by atoms with Crippen LogP contribution in [0.3, 0.4) is 0 Å². The molecule has 31 heavy (non-hydrogen) atoms. The predicted molar refractivity (Wildman–Crippen MR) is 124 cm³/mol. The first-order valence-corrected chi connectivity index (χ1v) is 12.1. The second-order valence-corrected chi connectivity index (χ2v) is 11.2. The van der Waals surface area contributed by atoms with E-state index in [2.05, 4.69) is 32.6 Å². The third kappa shape index (κ3) is 5.23. The quantitative estimate of drug-likeness (QED) is 0.561. The Hall–Kier alpha value is -1.23. The number of fused-ring (bicyclic) bond motifs is 1. The summed E-state index contributed by atoms with van der Waals surface area (Å²) in [5.74, 6) is 1.55. The number of Topliss-reactive ketones (excluding diaryl/α,β-unsaturated/α-hetero) is 1. The summed E-state index contributed by atoms with van der Waals surface area (Å²) < 4.78 is 0. The van der Waals surface area contributed by atoms with Crippen LogP contribution < -0.4 is 0 Å². The second kappa shape index (κ2) is 9.33. The highest BCUT2D eigenvalue weighted by molar-refractivity contribution is 5.86. The topological polar surface area (TPSA) is 77.8 Å². The lowest BCUT2D eigenvalue weighted by molar-refractivity contribution is -0.134. The van der Waals surface area contributed by atoms with Gasteiger partial charge in [0.1, 0.15) is 5.60 Å². The van der Waals surface area contributed by atoms with Gasteiger partial charge in [0.2, 0.25) is 0 Å². The highest BCUT2D eigenvalue weighted by Gasteiger charge is 2.50. The summed E-state index contributed by atoms with van der Waals surface area (Å²) >= 11 is 0. The zero-order valence-corrected chi connectivity index (χ0v) is 19.9. The summed E-state index contributed by atoms with van der Waals surface area (Å²) in [6, 6.07) is 0. The molecule has 0 bridgehead atoms. The molecule has 0 aromatic heterocycles. The SMILES string of the molecule is C=C1/C(=C\C=C2/CCC[C@]3(C)[C@@H]([C@H](C)CCC(=O)C(C)(C)O)CC[C@@H]23)C[C@H](O)C[C@H]1O. The molecule has 3 fully saturated rings. The maximum Gasteiger partial charge on any atom is 0.163 e. The van der Waals surface area contributed by atoms with E-state index in [1.807, 2.05) is 0 Å². The van der Waals surface area contributed by atoms with Crippen LogP contribution >= 0.6 is 0 Å². The van der Waals surface area contributed by atoms with Crippen LogP contribution in [0.2, 0.25) is 0 Å². The first kappa shape index (κ1) is 24.4. The van der Waals surface area contributed by atoms with E-state index in [9.17, 15) is 20.1 Å². The number of hydrogen-bond donors (Lipinski definition) is 3. The van der Waals surface area contributed by atoms with Gasteiger partial charge >= 0.3 is 0 Å². The van der Waals surface area contributed by atoms with Crippen LogP contribution in [0.25, 0.3) is 0 Å². The summed E-state index contributed by atoms with van der Waals surface area (Å²) in [7, 11) is 0. The van der Waals surface area contributed by atoms with Gasteiger partial charge in [-0.3, -0.25) is 4.79 Å². The molecule has 3 aliphatic carbocycles. The van der Waals surface area contributed by atoms with Gasteiger partial charge in [-0.2, -0.15) is 0 Å². The van der Waals surface area contributed by atoms with Gasteiger partial charge in [0, 0.05) is 12.8 Å². The number of hydrogen-bond acceptors (Lipinski definition) is 4. The standard InChI is InChI=1S/C27H42O4/c1-17(8-13-25(30)26(3,4)31)22-11-12-23-19(7-6-14-27(22,23)5)9-10-20-15-21(28)16-24(29)18(20)2/h9-10,17,21-24,28-29,31H,2,6-8,11-16H2,1,3-5H3/b19-9+,20-10-/t17-,21+,22-,23+,24-,27-/m1/s1.